The second-order valence-electron chi connectivity index (χ2n) is 14.8. The summed E-state index contributed by atoms with van der Waals surface area (Å²) >= 11 is 0. The van der Waals surface area contributed by atoms with Crippen molar-refractivity contribution in [2.24, 2.45) is 7.05 Å². The molecule has 0 radical (unpaired) electrons. The van der Waals surface area contributed by atoms with Gasteiger partial charge in [-0.1, -0.05) is 12.1 Å². The number of piperidine rings is 1. The molecule has 0 bridgehead atoms. The van der Waals surface area contributed by atoms with Crippen molar-refractivity contribution < 1.29 is 51.4 Å². The summed E-state index contributed by atoms with van der Waals surface area (Å²) in [6.45, 7) is 1.65. The summed E-state index contributed by atoms with van der Waals surface area (Å²) in [7, 11) is 3.45. The van der Waals surface area contributed by atoms with E-state index in [1.807, 2.05) is 0 Å². The van der Waals surface area contributed by atoms with E-state index in [4.69, 9.17) is 9.47 Å². The zero-order valence-corrected chi connectivity index (χ0v) is 34.2. The molecule has 1 aliphatic rings. The van der Waals surface area contributed by atoms with Crippen LogP contribution < -0.4 is 21.3 Å². The van der Waals surface area contributed by atoms with Gasteiger partial charge < -0.3 is 25.4 Å². The number of benzene rings is 3. The molecule has 3 heterocycles. The predicted octanol–water partition coefficient (Wildman–Crippen LogP) is 4.27. The lowest BCUT2D eigenvalue weighted by Crippen LogP contribution is -2.51. The Morgan fingerprint density at radius 1 is 0.935 bits per heavy atom. The molecule has 19 heteroatoms. The average molecular weight is 861 g/mol. The number of ether oxygens (including phenoxy) is 2. The van der Waals surface area contributed by atoms with Gasteiger partial charge in [0.25, 0.3) is 5.91 Å². The standard InChI is InChI=1S/C43H47F3N8O8/c1-52(36-15-16-39(58)50-42(36)60)24-32-28(26-55)5-3-6-34(32)49-38(57)8-4-7-37(56)47-17-19-61-21-22-62-20-18-48-41(59)27-9-14-35-31(23-27)33-25-53(2)51-40(33)54(35)30-12-10-29(11-13-30)43(44,45)46/h3,5-6,9-14,23,25-26,36H,4,7-8,15-22,24H2,1-2H3,(H,47,56)(H,48,59)(H,49,57)(H,50,58,60). The number of fused-ring (bicyclic) bond motifs is 3. The quantitative estimate of drug-likeness (QED) is 0.0499. The van der Waals surface area contributed by atoms with Crippen LogP contribution in [0.3, 0.4) is 0 Å². The van der Waals surface area contributed by atoms with E-state index in [1.165, 1.54) is 12.1 Å². The number of nitrogens with zero attached hydrogens (tertiary/aromatic N) is 4. The number of aldehydes is 1. The molecule has 1 fully saturated rings. The third-order valence-corrected chi connectivity index (χ3v) is 10.3. The zero-order chi connectivity index (χ0) is 44.4. The summed E-state index contributed by atoms with van der Waals surface area (Å²) in [5.41, 5.74) is 2.69. The van der Waals surface area contributed by atoms with Gasteiger partial charge in [0.2, 0.25) is 23.6 Å². The second kappa shape index (κ2) is 20.4. The molecular formula is C43H47F3N8O8. The van der Waals surface area contributed by atoms with Crippen LogP contribution in [0.25, 0.3) is 27.6 Å². The number of rotatable bonds is 20. The fourth-order valence-corrected chi connectivity index (χ4v) is 7.20. The van der Waals surface area contributed by atoms with Crippen LogP contribution in [0.1, 0.15) is 63.9 Å². The molecule has 1 unspecified atom stereocenters. The van der Waals surface area contributed by atoms with Gasteiger partial charge in [-0.25, -0.2) is 0 Å². The number of imide groups is 1. The van der Waals surface area contributed by atoms with Crippen LogP contribution >= 0.6 is 0 Å². The first kappa shape index (κ1) is 45.1. The summed E-state index contributed by atoms with van der Waals surface area (Å²) in [5, 5.41) is 16.7. The molecule has 5 amide bonds. The fraction of sp³-hybridized carbons (Fsp3) is 0.372. The third-order valence-electron chi connectivity index (χ3n) is 10.3. The van der Waals surface area contributed by atoms with Crippen molar-refractivity contribution in [3.8, 4) is 5.69 Å². The van der Waals surface area contributed by atoms with Crippen LogP contribution in [0.5, 0.6) is 0 Å². The molecule has 62 heavy (non-hydrogen) atoms. The highest BCUT2D eigenvalue weighted by Crippen LogP contribution is 2.34. The molecule has 5 aromatic rings. The van der Waals surface area contributed by atoms with Gasteiger partial charge >= 0.3 is 6.18 Å². The average Bonchev–Trinajstić information content (AvgIpc) is 3.75. The van der Waals surface area contributed by atoms with Gasteiger partial charge in [-0.05, 0) is 68.4 Å². The minimum Gasteiger partial charge on any atom is -0.377 e. The smallest absolute Gasteiger partial charge is 0.377 e. The lowest BCUT2D eigenvalue weighted by Gasteiger charge is -2.30. The molecule has 1 atom stereocenters. The largest absolute Gasteiger partial charge is 0.416 e. The van der Waals surface area contributed by atoms with Crippen molar-refractivity contribution in [1.82, 2.24) is 35.2 Å². The minimum absolute atomic E-state index is 0.0580. The number of carbonyl (C=O) groups excluding carboxylic acids is 6. The molecule has 3 aromatic carbocycles. The first-order chi connectivity index (χ1) is 29.7. The Kier molecular flexibility index (Phi) is 14.8. The van der Waals surface area contributed by atoms with E-state index in [1.54, 1.807) is 70.8 Å². The van der Waals surface area contributed by atoms with E-state index in [-0.39, 0.29) is 95.4 Å². The molecule has 0 aliphatic carbocycles. The first-order valence-electron chi connectivity index (χ1n) is 20.0. The van der Waals surface area contributed by atoms with Gasteiger partial charge in [-0.3, -0.25) is 48.2 Å². The molecule has 2 aromatic heterocycles. The molecule has 4 N–H and O–H groups in total. The number of aromatic nitrogens is 3. The Morgan fingerprint density at radius 2 is 1.65 bits per heavy atom. The summed E-state index contributed by atoms with van der Waals surface area (Å²) in [6, 6.07) is 14.3. The Balaban J connectivity index is 0.848. The number of nitrogens with one attached hydrogen (secondary N) is 4. The molecule has 16 nitrogen and oxygen atoms in total. The maximum atomic E-state index is 13.2. The molecule has 1 saturated heterocycles. The topological polar surface area (TPSA) is 195 Å². The van der Waals surface area contributed by atoms with Crippen LogP contribution in [0.2, 0.25) is 0 Å². The van der Waals surface area contributed by atoms with Gasteiger partial charge in [-0.2, -0.15) is 18.3 Å². The van der Waals surface area contributed by atoms with Crippen molar-refractivity contribution in [3.05, 3.63) is 89.1 Å². The number of anilines is 1. The second-order valence-corrected chi connectivity index (χ2v) is 14.8. The van der Waals surface area contributed by atoms with Crippen molar-refractivity contribution in [2.45, 2.75) is 50.9 Å². The Bertz CT molecular complexity index is 2450. The van der Waals surface area contributed by atoms with Gasteiger partial charge in [0.15, 0.2) is 5.65 Å². The van der Waals surface area contributed by atoms with E-state index in [9.17, 15) is 41.9 Å². The van der Waals surface area contributed by atoms with E-state index in [0.29, 0.717) is 51.9 Å². The Labute approximate surface area is 354 Å². The Hall–Kier alpha value is -6.44. The molecule has 0 spiro atoms. The predicted molar refractivity (Wildman–Crippen MR) is 221 cm³/mol. The zero-order valence-electron chi connectivity index (χ0n) is 34.2. The number of carbonyl (C=O) groups is 6. The molecule has 328 valence electrons. The van der Waals surface area contributed by atoms with Gasteiger partial charge in [0, 0.05) is 91.0 Å². The van der Waals surface area contributed by atoms with Gasteiger partial charge in [-0.15, -0.1) is 0 Å². The van der Waals surface area contributed by atoms with Crippen LogP contribution in [0.4, 0.5) is 18.9 Å². The number of halogens is 3. The highest BCUT2D eigenvalue weighted by molar-refractivity contribution is 6.10. The summed E-state index contributed by atoms with van der Waals surface area (Å²) in [6.07, 6.45) is -0.983. The minimum atomic E-state index is -4.46. The van der Waals surface area contributed by atoms with E-state index in [0.717, 1.165) is 22.9 Å². The van der Waals surface area contributed by atoms with Crippen molar-refractivity contribution in [3.63, 3.8) is 0 Å². The van der Waals surface area contributed by atoms with Crippen molar-refractivity contribution in [1.29, 1.82) is 0 Å². The van der Waals surface area contributed by atoms with Crippen molar-refractivity contribution in [2.75, 3.05) is 51.9 Å². The van der Waals surface area contributed by atoms with E-state index in [2.05, 4.69) is 26.4 Å². The van der Waals surface area contributed by atoms with Gasteiger partial charge in [0.1, 0.15) is 6.29 Å². The maximum Gasteiger partial charge on any atom is 0.416 e. The maximum absolute atomic E-state index is 13.2. The SMILES string of the molecule is CN(Cc1c(C=O)cccc1NC(=O)CCCC(=O)NCCOCCOCCNC(=O)c1ccc2c(c1)c1cn(C)nc1n2-c1ccc(C(F)(F)F)cc1)C1CCC(=O)NC1=O. The number of alkyl halides is 3. The Morgan fingerprint density at radius 3 is 2.34 bits per heavy atom. The van der Waals surface area contributed by atoms with E-state index < -0.39 is 23.7 Å². The number of likely N-dealkylation sites (N-methyl/N-ethyl adjacent to an activating group) is 1. The molecule has 1 aliphatic heterocycles. The molecular weight excluding hydrogens is 814 g/mol. The number of amides is 5. The lowest BCUT2D eigenvalue weighted by atomic mass is 10.0. The van der Waals surface area contributed by atoms with Gasteiger partial charge in [0.05, 0.1) is 43.5 Å². The summed E-state index contributed by atoms with van der Waals surface area (Å²) in [5.74, 6) is -1.65. The third kappa shape index (κ3) is 11.3. The van der Waals surface area contributed by atoms with Crippen LogP contribution in [-0.4, -0.2) is 108 Å². The monoisotopic (exact) mass is 860 g/mol. The highest BCUT2D eigenvalue weighted by Gasteiger charge is 2.31. The van der Waals surface area contributed by atoms with Crippen LogP contribution in [0.15, 0.2) is 66.9 Å². The van der Waals surface area contributed by atoms with E-state index >= 15 is 0 Å². The van der Waals surface area contributed by atoms with Crippen LogP contribution in [0, 0.1) is 0 Å². The lowest BCUT2D eigenvalue weighted by molar-refractivity contribution is -0.138. The first-order valence-corrected chi connectivity index (χ1v) is 20.0. The normalized spacial score (nSPS) is 14.3. The van der Waals surface area contributed by atoms with Crippen molar-refractivity contribution >= 4 is 63.4 Å². The number of hydrogen-bond acceptors (Lipinski definition) is 10. The summed E-state index contributed by atoms with van der Waals surface area (Å²) in [4.78, 5) is 75.5. The molecule has 0 saturated carbocycles. The summed E-state index contributed by atoms with van der Waals surface area (Å²) < 4.78 is 53.9. The number of hydrogen-bond donors (Lipinski definition) is 4. The highest BCUT2D eigenvalue weighted by atomic mass is 19.4. The van der Waals surface area contributed by atoms with Crippen LogP contribution in [-0.2, 0) is 48.4 Å². The number of aryl methyl sites for hydroxylation is 1. The fourth-order valence-electron chi connectivity index (χ4n) is 7.20. The molecule has 6 rings (SSSR count).